The molecule has 0 aliphatic heterocycles. The number of benzene rings is 1. The molecule has 1 heterocycles. The molecule has 1 N–H and O–H groups in total. The first-order valence-corrected chi connectivity index (χ1v) is 6.32. The molecule has 0 unspecified atom stereocenters. The summed E-state index contributed by atoms with van der Waals surface area (Å²) in [5.74, 6) is 2.19. The second kappa shape index (κ2) is 5.68. The van der Waals surface area contributed by atoms with Gasteiger partial charge in [-0.3, -0.25) is 0 Å². The lowest BCUT2D eigenvalue weighted by atomic mass is 10.1. The lowest BCUT2D eigenvalue weighted by Crippen LogP contribution is -1.98. The summed E-state index contributed by atoms with van der Waals surface area (Å²) in [5, 5.41) is 3.19. The van der Waals surface area contributed by atoms with Gasteiger partial charge in [-0.2, -0.15) is 8.75 Å². The van der Waals surface area contributed by atoms with E-state index in [1.54, 1.807) is 14.2 Å². The topological polar surface area (TPSA) is 56.3 Å². The van der Waals surface area contributed by atoms with Gasteiger partial charge in [-0.1, -0.05) is 0 Å². The molecule has 6 heteroatoms. The molecule has 2 rings (SSSR count). The van der Waals surface area contributed by atoms with E-state index in [9.17, 15) is 0 Å². The van der Waals surface area contributed by atoms with Gasteiger partial charge in [0.2, 0.25) is 0 Å². The summed E-state index contributed by atoms with van der Waals surface area (Å²) in [5.41, 5.74) is 1.79. The lowest BCUT2D eigenvalue weighted by Gasteiger charge is -2.09. The predicted octanol–water partition coefficient (Wildman–Crippen LogP) is 2.65. The van der Waals surface area contributed by atoms with Crippen LogP contribution in [0.5, 0.6) is 11.5 Å². The molecule has 0 saturated carbocycles. The summed E-state index contributed by atoms with van der Waals surface area (Å²) in [4.78, 5) is 0. The summed E-state index contributed by atoms with van der Waals surface area (Å²) in [6.45, 7) is 2.84. The molecule has 0 aliphatic rings. The van der Waals surface area contributed by atoms with Crippen molar-refractivity contribution in [2.45, 2.75) is 6.92 Å². The third-order valence-electron chi connectivity index (χ3n) is 2.49. The molecule has 96 valence electrons. The number of nitrogens with one attached hydrogen (secondary N) is 1. The van der Waals surface area contributed by atoms with E-state index in [1.165, 1.54) is 11.7 Å². The Labute approximate surface area is 110 Å². The number of anilines is 1. The molecule has 0 atom stereocenters. The maximum Gasteiger partial charge on any atom is 0.168 e. The van der Waals surface area contributed by atoms with Crippen LogP contribution in [0.25, 0.3) is 11.3 Å². The molecule has 1 aromatic carbocycles. The highest BCUT2D eigenvalue weighted by Gasteiger charge is 2.12. The zero-order chi connectivity index (χ0) is 13.0. The third-order valence-corrected chi connectivity index (χ3v) is 3.02. The molecule has 18 heavy (non-hydrogen) atoms. The van der Waals surface area contributed by atoms with Gasteiger partial charge in [0, 0.05) is 12.1 Å². The number of aromatic nitrogens is 2. The van der Waals surface area contributed by atoms with Crippen molar-refractivity contribution in [3.8, 4) is 22.8 Å². The van der Waals surface area contributed by atoms with Crippen LogP contribution in [-0.2, 0) is 0 Å². The van der Waals surface area contributed by atoms with Gasteiger partial charge in [-0.05, 0) is 25.1 Å². The molecule has 1 aromatic heterocycles. The molecule has 5 nitrogen and oxygen atoms in total. The fraction of sp³-hybridized carbons (Fsp3) is 0.333. The van der Waals surface area contributed by atoms with Crippen molar-refractivity contribution in [1.82, 2.24) is 8.75 Å². The summed E-state index contributed by atoms with van der Waals surface area (Å²) in [6.07, 6.45) is 0. The summed E-state index contributed by atoms with van der Waals surface area (Å²) in [7, 11) is 3.23. The average Bonchev–Trinajstić information content (AvgIpc) is 2.86. The number of ether oxygens (including phenoxy) is 2. The van der Waals surface area contributed by atoms with E-state index in [2.05, 4.69) is 14.1 Å². The summed E-state index contributed by atoms with van der Waals surface area (Å²) < 4.78 is 19.0. The van der Waals surface area contributed by atoms with Gasteiger partial charge in [0.15, 0.2) is 17.3 Å². The summed E-state index contributed by atoms with van der Waals surface area (Å²) >= 11 is 1.19. The maximum atomic E-state index is 5.28. The fourth-order valence-corrected chi connectivity index (χ4v) is 2.19. The highest BCUT2D eigenvalue weighted by Crippen LogP contribution is 2.34. The molecule has 0 fully saturated rings. The number of hydrogen-bond donors (Lipinski definition) is 1. The second-order valence-corrected chi connectivity index (χ2v) is 4.09. The zero-order valence-corrected chi connectivity index (χ0v) is 11.4. The van der Waals surface area contributed by atoms with E-state index in [0.29, 0.717) is 11.5 Å². The van der Waals surface area contributed by atoms with Crippen LogP contribution in [0.2, 0.25) is 0 Å². The average molecular weight is 265 g/mol. The number of nitrogens with zero attached hydrogens (tertiary/aromatic N) is 2. The van der Waals surface area contributed by atoms with E-state index in [0.717, 1.165) is 23.6 Å². The Morgan fingerprint density at radius 1 is 1.17 bits per heavy atom. The van der Waals surface area contributed by atoms with E-state index in [-0.39, 0.29) is 0 Å². The Bertz CT molecular complexity index is 528. The quantitative estimate of drug-likeness (QED) is 0.900. The van der Waals surface area contributed by atoms with Gasteiger partial charge < -0.3 is 14.8 Å². The van der Waals surface area contributed by atoms with Crippen LogP contribution in [0.15, 0.2) is 18.2 Å². The van der Waals surface area contributed by atoms with Crippen molar-refractivity contribution in [3.05, 3.63) is 18.2 Å². The van der Waals surface area contributed by atoms with E-state index < -0.39 is 0 Å². The highest BCUT2D eigenvalue weighted by molar-refractivity contribution is 6.99. The minimum absolute atomic E-state index is 0.686. The van der Waals surface area contributed by atoms with Gasteiger partial charge in [-0.25, -0.2) is 0 Å². The van der Waals surface area contributed by atoms with Crippen LogP contribution in [0.1, 0.15) is 6.92 Å². The van der Waals surface area contributed by atoms with Crippen LogP contribution >= 0.6 is 11.7 Å². The maximum absolute atomic E-state index is 5.28. The van der Waals surface area contributed by atoms with E-state index in [1.807, 2.05) is 25.1 Å². The van der Waals surface area contributed by atoms with Gasteiger partial charge in [0.05, 0.1) is 25.9 Å². The van der Waals surface area contributed by atoms with Crippen molar-refractivity contribution in [1.29, 1.82) is 0 Å². The monoisotopic (exact) mass is 265 g/mol. The smallest absolute Gasteiger partial charge is 0.168 e. The number of rotatable bonds is 5. The Kier molecular flexibility index (Phi) is 3.99. The largest absolute Gasteiger partial charge is 0.493 e. The van der Waals surface area contributed by atoms with Gasteiger partial charge in [0.1, 0.15) is 5.69 Å². The van der Waals surface area contributed by atoms with Crippen LogP contribution in [0, 0.1) is 0 Å². The van der Waals surface area contributed by atoms with Crippen LogP contribution in [0.4, 0.5) is 5.82 Å². The van der Waals surface area contributed by atoms with E-state index in [4.69, 9.17) is 9.47 Å². The molecule has 0 aliphatic carbocycles. The molecule has 0 bridgehead atoms. The molecule has 0 amide bonds. The first kappa shape index (κ1) is 12.6. The first-order chi connectivity index (χ1) is 8.80. The van der Waals surface area contributed by atoms with Crippen molar-refractivity contribution < 1.29 is 9.47 Å². The SMILES string of the molecule is CCNc1nsnc1-c1ccc(OC)c(OC)c1. The Hall–Kier alpha value is -1.82. The third kappa shape index (κ3) is 2.38. The van der Waals surface area contributed by atoms with Crippen LogP contribution in [0.3, 0.4) is 0 Å². The van der Waals surface area contributed by atoms with Crippen molar-refractivity contribution in [2.75, 3.05) is 26.1 Å². The van der Waals surface area contributed by atoms with Crippen molar-refractivity contribution >= 4 is 17.5 Å². The zero-order valence-electron chi connectivity index (χ0n) is 10.6. The predicted molar refractivity (Wildman–Crippen MR) is 72.6 cm³/mol. The van der Waals surface area contributed by atoms with Gasteiger partial charge >= 0.3 is 0 Å². The Balaban J connectivity index is 2.41. The standard InChI is InChI=1S/C12H15N3O2S/c1-4-13-12-11(14-18-15-12)8-5-6-9(16-2)10(7-8)17-3/h5-7H,4H2,1-3H3,(H,13,15). The molecular weight excluding hydrogens is 250 g/mol. The van der Waals surface area contributed by atoms with Crippen molar-refractivity contribution in [2.24, 2.45) is 0 Å². The first-order valence-electron chi connectivity index (χ1n) is 5.59. The van der Waals surface area contributed by atoms with E-state index >= 15 is 0 Å². The second-order valence-electron chi connectivity index (χ2n) is 3.56. The number of methoxy groups -OCH3 is 2. The lowest BCUT2D eigenvalue weighted by molar-refractivity contribution is 0.355. The molecule has 2 aromatic rings. The molecular formula is C12H15N3O2S. The highest BCUT2D eigenvalue weighted by atomic mass is 32.1. The Morgan fingerprint density at radius 3 is 2.61 bits per heavy atom. The fourth-order valence-electron chi connectivity index (χ4n) is 1.64. The van der Waals surface area contributed by atoms with Crippen molar-refractivity contribution in [3.63, 3.8) is 0 Å². The van der Waals surface area contributed by atoms with Crippen LogP contribution < -0.4 is 14.8 Å². The molecule has 0 radical (unpaired) electrons. The minimum Gasteiger partial charge on any atom is -0.493 e. The molecule has 0 spiro atoms. The Morgan fingerprint density at radius 2 is 1.94 bits per heavy atom. The number of hydrogen-bond acceptors (Lipinski definition) is 6. The molecule has 0 saturated heterocycles. The van der Waals surface area contributed by atoms with Crippen LogP contribution in [-0.4, -0.2) is 29.5 Å². The summed E-state index contributed by atoms with van der Waals surface area (Å²) in [6, 6.07) is 5.71. The van der Waals surface area contributed by atoms with Gasteiger partial charge in [0.25, 0.3) is 0 Å². The normalized spacial score (nSPS) is 10.2. The van der Waals surface area contributed by atoms with Gasteiger partial charge in [-0.15, -0.1) is 0 Å². The minimum atomic E-state index is 0.686.